The SMILES string of the molecule is CCOc1ccccc1N1CC(C(=O)NCC2(COC)CCNCC2)CC1=O.Cl. The highest BCUT2D eigenvalue weighted by atomic mass is 35.5. The molecule has 29 heavy (non-hydrogen) atoms. The molecule has 2 fully saturated rings. The number of para-hydroxylation sites is 2. The first-order valence-electron chi connectivity index (χ1n) is 10.1. The standard InChI is InChI=1S/C21H31N3O4.ClH/c1-3-28-18-7-5-4-6-17(18)24-13-16(12-19(24)25)20(26)23-14-21(15-27-2)8-10-22-11-9-21;/h4-7,16,22H,3,8-15H2,1-2H3,(H,23,26);1H. The van der Waals surface area contributed by atoms with Crippen LogP contribution >= 0.6 is 12.4 Å². The molecule has 2 heterocycles. The first-order valence-corrected chi connectivity index (χ1v) is 10.1. The van der Waals surface area contributed by atoms with Gasteiger partial charge in [-0.05, 0) is 45.0 Å². The number of carbonyl (C=O) groups excluding carboxylic acids is 2. The Balaban J connectivity index is 0.00000300. The number of piperidine rings is 1. The van der Waals surface area contributed by atoms with Gasteiger partial charge >= 0.3 is 0 Å². The maximum Gasteiger partial charge on any atom is 0.227 e. The Morgan fingerprint density at radius 1 is 1.31 bits per heavy atom. The van der Waals surface area contributed by atoms with Crippen molar-refractivity contribution in [1.29, 1.82) is 0 Å². The maximum absolute atomic E-state index is 12.8. The number of amides is 2. The normalized spacial score (nSPS) is 20.8. The van der Waals surface area contributed by atoms with E-state index in [0.29, 0.717) is 32.1 Å². The maximum atomic E-state index is 12.8. The zero-order chi connectivity index (χ0) is 20.0. The summed E-state index contributed by atoms with van der Waals surface area (Å²) in [5.74, 6) is 0.233. The highest BCUT2D eigenvalue weighted by Gasteiger charge is 2.38. The van der Waals surface area contributed by atoms with Crippen molar-refractivity contribution in [2.45, 2.75) is 26.2 Å². The predicted molar refractivity (Wildman–Crippen MR) is 115 cm³/mol. The summed E-state index contributed by atoms with van der Waals surface area (Å²) in [5, 5.41) is 6.45. The lowest BCUT2D eigenvalue weighted by atomic mass is 9.79. The average molecular weight is 426 g/mol. The smallest absolute Gasteiger partial charge is 0.227 e. The van der Waals surface area contributed by atoms with Crippen LogP contribution < -0.4 is 20.3 Å². The lowest BCUT2D eigenvalue weighted by Crippen LogP contribution is -2.48. The molecular weight excluding hydrogens is 394 g/mol. The van der Waals surface area contributed by atoms with Crippen LogP contribution in [0, 0.1) is 11.3 Å². The van der Waals surface area contributed by atoms with Crippen molar-refractivity contribution < 1.29 is 19.1 Å². The Hall–Kier alpha value is -1.83. The molecule has 1 aromatic carbocycles. The van der Waals surface area contributed by atoms with Crippen LogP contribution in [0.25, 0.3) is 0 Å². The highest BCUT2D eigenvalue weighted by molar-refractivity contribution is 6.01. The van der Waals surface area contributed by atoms with Crippen LogP contribution in [0.2, 0.25) is 0 Å². The van der Waals surface area contributed by atoms with Crippen molar-refractivity contribution >= 4 is 29.9 Å². The van der Waals surface area contributed by atoms with Gasteiger partial charge in [0.1, 0.15) is 5.75 Å². The van der Waals surface area contributed by atoms with E-state index >= 15 is 0 Å². The van der Waals surface area contributed by atoms with Gasteiger partial charge < -0.3 is 25.0 Å². The minimum Gasteiger partial charge on any atom is -0.492 e. The molecule has 2 aliphatic heterocycles. The van der Waals surface area contributed by atoms with Crippen LogP contribution in [0.15, 0.2) is 24.3 Å². The van der Waals surface area contributed by atoms with E-state index in [2.05, 4.69) is 10.6 Å². The fraction of sp³-hybridized carbons (Fsp3) is 0.619. The summed E-state index contributed by atoms with van der Waals surface area (Å²) in [7, 11) is 1.70. The monoisotopic (exact) mass is 425 g/mol. The Morgan fingerprint density at radius 3 is 2.72 bits per heavy atom. The van der Waals surface area contributed by atoms with Crippen molar-refractivity contribution in [3.05, 3.63) is 24.3 Å². The molecule has 2 amide bonds. The molecule has 0 spiro atoms. The number of halogens is 1. The van der Waals surface area contributed by atoms with E-state index in [1.807, 2.05) is 31.2 Å². The van der Waals surface area contributed by atoms with Crippen LogP contribution in [0.1, 0.15) is 26.2 Å². The molecule has 2 aliphatic rings. The Kier molecular flexibility index (Phi) is 8.74. The molecule has 3 rings (SSSR count). The number of nitrogens with zero attached hydrogens (tertiary/aromatic N) is 1. The lowest BCUT2D eigenvalue weighted by molar-refractivity contribution is -0.127. The van der Waals surface area contributed by atoms with Gasteiger partial charge in [0.2, 0.25) is 11.8 Å². The fourth-order valence-corrected chi connectivity index (χ4v) is 4.13. The minimum absolute atomic E-state index is 0. The van der Waals surface area contributed by atoms with Gasteiger partial charge in [0.25, 0.3) is 0 Å². The van der Waals surface area contributed by atoms with Crippen molar-refractivity contribution in [3.8, 4) is 5.75 Å². The number of hydrogen-bond donors (Lipinski definition) is 2. The number of ether oxygens (including phenoxy) is 2. The van der Waals surface area contributed by atoms with Gasteiger partial charge in [0.15, 0.2) is 0 Å². The van der Waals surface area contributed by atoms with Crippen LogP contribution in [-0.4, -0.2) is 58.3 Å². The topological polar surface area (TPSA) is 79.9 Å². The number of nitrogens with one attached hydrogen (secondary N) is 2. The molecule has 0 aromatic heterocycles. The molecule has 8 heteroatoms. The summed E-state index contributed by atoms with van der Waals surface area (Å²) in [6.45, 7) is 5.91. The number of hydrogen-bond acceptors (Lipinski definition) is 5. The quantitative estimate of drug-likeness (QED) is 0.665. The molecule has 1 unspecified atom stereocenters. The molecule has 1 aromatic rings. The van der Waals surface area contributed by atoms with Crippen LogP contribution in [0.4, 0.5) is 5.69 Å². The summed E-state index contributed by atoms with van der Waals surface area (Å²) in [6, 6.07) is 7.48. The van der Waals surface area contributed by atoms with E-state index in [0.717, 1.165) is 31.6 Å². The van der Waals surface area contributed by atoms with Crippen molar-refractivity contribution in [1.82, 2.24) is 10.6 Å². The first-order chi connectivity index (χ1) is 13.6. The van der Waals surface area contributed by atoms with Crippen LogP contribution in [-0.2, 0) is 14.3 Å². The van der Waals surface area contributed by atoms with E-state index in [1.54, 1.807) is 12.0 Å². The van der Waals surface area contributed by atoms with Gasteiger partial charge in [0, 0.05) is 32.0 Å². The van der Waals surface area contributed by atoms with Crippen LogP contribution in [0.3, 0.4) is 0 Å². The molecule has 2 saturated heterocycles. The largest absolute Gasteiger partial charge is 0.492 e. The molecule has 2 N–H and O–H groups in total. The van der Waals surface area contributed by atoms with E-state index in [-0.39, 0.29) is 42.0 Å². The number of rotatable bonds is 8. The lowest BCUT2D eigenvalue weighted by Gasteiger charge is -2.37. The van der Waals surface area contributed by atoms with E-state index in [1.165, 1.54) is 0 Å². The summed E-state index contributed by atoms with van der Waals surface area (Å²) in [5.41, 5.74) is 0.707. The number of benzene rings is 1. The average Bonchev–Trinajstić information content (AvgIpc) is 3.09. The second kappa shape index (κ2) is 10.8. The van der Waals surface area contributed by atoms with Crippen molar-refractivity contribution in [2.75, 3.05) is 51.4 Å². The second-order valence-corrected chi connectivity index (χ2v) is 7.71. The Labute approximate surface area is 178 Å². The van der Waals surface area contributed by atoms with Gasteiger partial charge in [0.05, 0.1) is 24.8 Å². The number of methoxy groups -OCH3 is 1. The summed E-state index contributed by atoms with van der Waals surface area (Å²) in [4.78, 5) is 27.0. The molecule has 0 bridgehead atoms. The van der Waals surface area contributed by atoms with Gasteiger partial charge in [-0.15, -0.1) is 12.4 Å². The third kappa shape index (κ3) is 5.62. The van der Waals surface area contributed by atoms with Crippen molar-refractivity contribution in [2.24, 2.45) is 11.3 Å². The molecule has 162 valence electrons. The van der Waals surface area contributed by atoms with Gasteiger partial charge in [-0.2, -0.15) is 0 Å². The third-order valence-corrected chi connectivity index (χ3v) is 5.70. The van der Waals surface area contributed by atoms with Gasteiger partial charge in [-0.25, -0.2) is 0 Å². The van der Waals surface area contributed by atoms with Crippen molar-refractivity contribution in [3.63, 3.8) is 0 Å². The Morgan fingerprint density at radius 2 is 2.03 bits per heavy atom. The summed E-state index contributed by atoms with van der Waals surface area (Å²) in [6.07, 6.45) is 2.17. The Bertz CT molecular complexity index is 689. The number of carbonyl (C=O) groups is 2. The van der Waals surface area contributed by atoms with E-state index < -0.39 is 0 Å². The predicted octanol–water partition coefficient (Wildman–Crippen LogP) is 1.99. The molecule has 0 saturated carbocycles. The summed E-state index contributed by atoms with van der Waals surface area (Å²) >= 11 is 0. The molecular formula is C21H32ClN3O4. The zero-order valence-corrected chi connectivity index (χ0v) is 18.1. The molecule has 0 aliphatic carbocycles. The van der Waals surface area contributed by atoms with E-state index in [9.17, 15) is 9.59 Å². The second-order valence-electron chi connectivity index (χ2n) is 7.71. The van der Waals surface area contributed by atoms with Crippen LogP contribution in [0.5, 0.6) is 5.75 Å². The van der Waals surface area contributed by atoms with E-state index in [4.69, 9.17) is 9.47 Å². The third-order valence-electron chi connectivity index (χ3n) is 5.70. The molecule has 7 nitrogen and oxygen atoms in total. The highest BCUT2D eigenvalue weighted by Crippen LogP contribution is 2.33. The molecule has 0 radical (unpaired) electrons. The zero-order valence-electron chi connectivity index (χ0n) is 17.2. The van der Waals surface area contributed by atoms with Gasteiger partial charge in [-0.3, -0.25) is 9.59 Å². The minimum atomic E-state index is -0.344. The summed E-state index contributed by atoms with van der Waals surface area (Å²) < 4.78 is 11.1. The fourth-order valence-electron chi connectivity index (χ4n) is 4.13. The van der Waals surface area contributed by atoms with Gasteiger partial charge in [-0.1, -0.05) is 12.1 Å². The molecule has 1 atom stereocenters. The number of anilines is 1. The first kappa shape index (κ1) is 23.4.